The molecule has 1 aromatic heterocycles. The minimum Gasteiger partial charge on any atom is -0.352 e. The van der Waals surface area contributed by atoms with Gasteiger partial charge in [0.1, 0.15) is 11.1 Å². The summed E-state index contributed by atoms with van der Waals surface area (Å²) in [5, 5.41) is 2.68. The summed E-state index contributed by atoms with van der Waals surface area (Å²) in [5.41, 5.74) is 0.768. The lowest BCUT2D eigenvalue weighted by atomic mass is 10.0. The van der Waals surface area contributed by atoms with Crippen molar-refractivity contribution in [3.63, 3.8) is 0 Å². The average molecular weight is 396 g/mol. The van der Waals surface area contributed by atoms with Gasteiger partial charge in [0.2, 0.25) is 5.43 Å². The Morgan fingerprint density at radius 1 is 1.10 bits per heavy atom. The number of amides is 2. The number of nitrogens with one attached hydrogen (secondary N) is 1. The van der Waals surface area contributed by atoms with Crippen molar-refractivity contribution in [3.8, 4) is 0 Å². The summed E-state index contributed by atoms with van der Waals surface area (Å²) >= 11 is 0. The molecule has 6 nitrogen and oxygen atoms in total. The Morgan fingerprint density at radius 3 is 2.52 bits per heavy atom. The van der Waals surface area contributed by atoms with E-state index in [1.165, 1.54) is 0 Å². The Bertz CT molecular complexity index is 921. The quantitative estimate of drug-likeness (QED) is 0.818. The molecular weight excluding hydrogens is 366 g/mol. The molecule has 1 N–H and O–H groups in total. The van der Waals surface area contributed by atoms with E-state index in [9.17, 15) is 14.4 Å². The molecule has 2 amide bonds. The SMILES string of the molecule is CCNC(=O)c1cn(CCc2ccccc2)cc(C(=O)N2CCCC[C@H]2C)c1=O. The predicted octanol–water partition coefficient (Wildman–Crippen LogP) is 2.86. The fraction of sp³-hybridized carbons (Fsp3) is 0.435. The molecule has 0 spiro atoms. The number of rotatable bonds is 6. The van der Waals surface area contributed by atoms with Crippen LogP contribution in [0.25, 0.3) is 0 Å². The molecule has 2 heterocycles. The molecule has 1 atom stereocenters. The fourth-order valence-electron chi connectivity index (χ4n) is 3.79. The van der Waals surface area contributed by atoms with Crippen LogP contribution in [0.15, 0.2) is 47.5 Å². The highest BCUT2D eigenvalue weighted by Crippen LogP contribution is 2.18. The van der Waals surface area contributed by atoms with E-state index in [-0.39, 0.29) is 23.1 Å². The number of aromatic nitrogens is 1. The first-order valence-electron chi connectivity index (χ1n) is 10.4. The van der Waals surface area contributed by atoms with Crippen LogP contribution in [0, 0.1) is 0 Å². The van der Waals surface area contributed by atoms with Gasteiger partial charge in [-0.05, 0) is 45.1 Å². The topological polar surface area (TPSA) is 71.4 Å². The summed E-state index contributed by atoms with van der Waals surface area (Å²) in [5.74, 6) is -0.714. The van der Waals surface area contributed by atoms with Gasteiger partial charge in [0, 0.05) is 38.1 Å². The maximum Gasteiger partial charge on any atom is 0.259 e. The summed E-state index contributed by atoms with van der Waals surface area (Å²) in [7, 11) is 0. The zero-order chi connectivity index (χ0) is 20.8. The van der Waals surface area contributed by atoms with Crippen molar-refractivity contribution >= 4 is 11.8 Å². The van der Waals surface area contributed by atoms with Crippen molar-refractivity contribution in [1.29, 1.82) is 0 Å². The zero-order valence-corrected chi connectivity index (χ0v) is 17.2. The van der Waals surface area contributed by atoms with Crippen molar-refractivity contribution in [2.75, 3.05) is 13.1 Å². The van der Waals surface area contributed by atoms with Gasteiger partial charge in [0.25, 0.3) is 11.8 Å². The zero-order valence-electron chi connectivity index (χ0n) is 17.2. The lowest BCUT2D eigenvalue weighted by Crippen LogP contribution is -2.44. The minimum atomic E-state index is -0.491. The van der Waals surface area contributed by atoms with Crippen LogP contribution in [0.4, 0.5) is 0 Å². The maximum atomic E-state index is 13.2. The highest BCUT2D eigenvalue weighted by molar-refractivity contribution is 5.99. The number of piperidine rings is 1. The van der Waals surface area contributed by atoms with E-state index >= 15 is 0 Å². The predicted molar refractivity (Wildman–Crippen MR) is 113 cm³/mol. The van der Waals surface area contributed by atoms with E-state index in [0.717, 1.165) is 31.2 Å². The number of pyridine rings is 1. The lowest BCUT2D eigenvalue weighted by Gasteiger charge is -2.33. The molecule has 1 aliphatic heterocycles. The van der Waals surface area contributed by atoms with Gasteiger partial charge in [-0.3, -0.25) is 14.4 Å². The summed E-state index contributed by atoms with van der Waals surface area (Å²) in [4.78, 5) is 40.4. The normalized spacial score (nSPS) is 16.5. The fourth-order valence-corrected chi connectivity index (χ4v) is 3.79. The van der Waals surface area contributed by atoms with E-state index in [2.05, 4.69) is 5.32 Å². The Balaban J connectivity index is 1.94. The molecule has 2 aromatic rings. The van der Waals surface area contributed by atoms with Crippen LogP contribution < -0.4 is 10.7 Å². The third-order valence-corrected chi connectivity index (χ3v) is 5.46. The standard InChI is InChI=1S/C23H29N3O3/c1-3-24-22(28)19-15-25(14-12-18-10-5-4-6-11-18)16-20(21(19)27)23(29)26-13-8-7-9-17(26)2/h4-6,10-11,15-17H,3,7-9,12-14H2,1-2H3,(H,24,28)/t17-/m1/s1. The highest BCUT2D eigenvalue weighted by atomic mass is 16.2. The summed E-state index contributed by atoms with van der Waals surface area (Å²) in [6, 6.07) is 10.1. The molecule has 154 valence electrons. The molecule has 6 heteroatoms. The maximum absolute atomic E-state index is 13.2. The molecule has 1 fully saturated rings. The van der Waals surface area contributed by atoms with E-state index in [1.54, 1.807) is 28.8 Å². The molecule has 1 saturated heterocycles. The Morgan fingerprint density at radius 2 is 1.83 bits per heavy atom. The second-order valence-electron chi connectivity index (χ2n) is 7.59. The Hall–Kier alpha value is -2.89. The number of carbonyl (C=O) groups is 2. The van der Waals surface area contributed by atoms with Crippen molar-refractivity contribution in [3.05, 3.63) is 69.6 Å². The molecule has 0 radical (unpaired) electrons. The van der Waals surface area contributed by atoms with Crippen molar-refractivity contribution in [1.82, 2.24) is 14.8 Å². The van der Waals surface area contributed by atoms with Crippen LogP contribution in [-0.4, -0.2) is 40.4 Å². The largest absolute Gasteiger partial charge is 0.352 e. The molecule has 1 aromatic carbocycles. The van der Waals surface area contributed by atoms with Crippen LogP contribution in [0.2, 0.25) is 0 Å². The number of nitrogens with zero attached hydrogens (tertiary/aromatic N) is 2. The van der Waals surface area contributed by atoms with Gasteiger partial charge in [-0.2, -0.15) is 0 Å². The van der Waals surface area contributed by atoms with Gasteiger partial charge < -0.3 is 14.8 Å². The number of hydrogen-bond donors (Lipinski definition) is 1. The smallest absolute Gasteiger partial charge is 0.259 e. The van der Waals surface area contributed by atoms with Gasteiger partial charge >= 0.3 is 0 Å². The van der Waals surface area contributed by atoms with Crippen LogP contribution in [0.5, 0.6) is 0 Å². The molecule has 1 aliphatic rings. The van der Waals surface area contributed by atoms with Crippen LogP contribution in [-0.2, 0) is 13.0 Å². The average Bonchev–Trinajstić information content (AvgIpc) is 2.73. The monoisotopic (exact) mass is 395 g/mol. The first kappa shape index (κ1) is 20.8. The van der Waals surface area contributed by atoms with Crippen molar-refractivity contribution in [2.45, 2.75) is 52.1 Å². The Kier molecular flexibility index (Phi) is 6.86. The van der Waals surface area contributed by atoms with E-state index in [4.69, 9.17) is 0 Å². The second-order valence-corrected chi connectivity index (χ2v) is 7.59. The lowest BCUT2D eigenvalue weighted by molar-refractivity contribution is 0.0633. The molecule has 0 aliphatic carbocycles. The summed E-state index contributed by atoms with van der Waals surface area (Å²) in [6.45, 7) is 5.46. The van der Waals surface area contributed by atoms with E-state index < -0.39 is 11.3 Å². The van der Waals surface area contributed by atoms with Crippen LogP contribution in [0.1, 0.15) is 59.4 Å². The number of benzene rings is 1. The molecule has 29 heavy (non-hydrogen) atoms. The molecular formula is C23H29N3O3. The second kappa shape index (κ2) is 9.54. The number of likely N-dealkylation sites (tertiary alicyclic amines) is 1. The van der Waals surface area contributed by atoms with Crippen LogP contribution >= 0.6 is 0 Å². The highest BCUT2D eigenvalue weighted by Gasteiger charge is 2.28. The number of hydrogen-bond acceptors (Lipinski definition) is 3. The van der Waals surface area contributed by atoms with E-state index in [1.807, 2.05) is 37.3 Å². The van der Waals surface area contributed by atoms with Gasteiger partial charge in [0.15, 0.2) is 0 Å². The Labute approximate surface area is 171 Å². The van der Waals surface area contributed by atoms with Crippen molar-refractivity contribution < 1.29 is 9.59 Å². The third-order valence-electron chi connectivity index (χ3n) is 5.46. The van der Waals surface area contributed by atoms with Gasteiger partial charge in [-0.25, -0.2) is 0 Å². The first-order chi connectivity index (χ1) is 14.0. The number of aryl methyl sites for hydroxylation is 2. The van der Waals surface area contributed by atoms with Gasteiger partial charge in [0.05, 0.1) is 0 Å². The third kappa shape index (κ3) is 4.94. The van der Waals surface area contributed by atoms with Crippen molar-refractivity contribution in [2.24, 2.45) is 0 Å². The number of carbonyl (C=O) groups excluding carboxylic acids is 2. The minimum absolute atomic E-state index is 0.0235. The first-order valence-corrected chi connectivity index (χ1v) is 10.4. The van der Waals surface area contributed by atoms with Gasteiger partial charge in [-0.15, -0.1) is 0 Å². The molecule has 0 unspecified atom stereocenters. The van der Waals surface area contributed by atoms with Gasteiger partial charge in [-0.1, -0.05) is 30.3 Å². The summed E-state index contributed by atoms with van der Waals surface area (Å²) < 4.78 is 1.79. The van der Waals surface area contributed by atoms with Crippen LogP contribution in [0.3, 0.4) is 0 Å². The summed E-state index contributed by atoms with van der Waals surface area (Å²) in [6.07, 6.45) is 6.88. The van der Waals surface area contributed by atoms with E-state index in [0.29, 0.717) is 19.6 Å². The molecule has 0 saturated carbocycles. The molecule has 3 rings (SSSR count). The molecule has 0 bridgehead atoms.